The zero-order valence-corrected chi connectivity index (χ0v) is 36.5. The highest BCUT2D eigenvalue weighted by Gasteiger charge is 2.38. The summed E-state index contributed by atoms with van der Waals surface area (Å²) in [6, 6.07) is 32.6. The lowest BCUT2D eigenvalue weighted by Crippen LogP contribution is -2.57. The molecule has 0 saturated carbocycles. The van der Waals surface area contributed by atoms with Crippen LogP contribution in [0.2, 0.25) is 10.0 Å². The van der Waals surface area contributed by atoms with Crippen LogP contribution in [0.1, 0.15) is 63.7 Å². The van der Waals surface area contributed by atoms with Gasteiger partial charge in [0.1, 0.15) is 31.0 Å². The summed E-state index contributed by atoms with van der Waals surface area (Å²) in [6.07, 6.45) is 1.52. The first-order valence-corrected chi connectivity index (χ1v) is 21.4. The number of aliphatic carboxylic acids is 1. The van der Waals surface area contributed by atoms with E-state index in [1.54, 1.807) is 18.3 Å². The van der Waals surface area contributed by atoms with Gasteiger partial charge in [-0.2, -0.15) is 0 Å². The lowest BCUT2D eigenvalue weighted by Gasteiger charge is -2.38. The third-order valence-corrected chi connectivity index (χ3v) is 12.3. The predicted molar refractivity (Wildman–Crippen MR) is 241 cm³/mol. The quantitative estimate of drug-likeness (QED) is 0.110. The maximum absolute atomic E-state index is 14.3. The summed E-state index contributed by atoms with van der Waals surface area (Å²) in [5, 5.41) is 17.2. The molecule has 6 aromatic rings. The molecule has 8 rings (SSSR count). The van der Waals surface area contributed by atoms with Gasteiger partial charge < -0.3 is 34.9 Å². The number of carbonyl (C=O) groups excluding carboxylic acids is 2. The molecule has 0 fully saturated rings. The van der Waals surface area contributed by atoms with Crippen molar-refractivity contribution in [1.82, 2.24) is 20.5 Å². The molecule has 2 aliphatic heterocycles. The number of hydrogen-bond donors (Lipinski definition) is 3. The van der Waals surface area contributed by atoms with E-state index < -0.39 is 36.1 Å². The molecule has 1 aromatic heterocycles. The zero-order chi connectivity index (χ0) is 44.2. The first kappa shape index (κ1) is 43.1. The van der Waals surface area contributed by atoms with Crippen molar-refractivity contribution < 1.29 is 33.7 Å². The molecular formula is C50H46Cl2N4O7. The van der Waals surface area contributed by atoms with Crippen LogP contribution in [0.15, 0.2) is 121 Å². The molecule has 11 nitrogen and oxygen atoms in total. The number of urea groups is 1. The number of carboxylic acids is 1. The number of fused-ring (bicyclic) bond motifs is 2. The van der Waals surface area contributed by atoms with Gasteiger partial charge >= 0.3 is 12.0 Å². The van der Waals surface area contributed by atoms with Crippen molar-refractivity contribution in [3.63, 3.8) is 0 Å². The Balaban J connectivity index is 0.988. The van der Waals surface area contributed by atoms with Gasteiger partial charge in [0.2, 0.25) is 5.91 Å². The van der Waals surface area contributed by atoms with Gasteiger partial charge in [-0.1, -0.05) is 96.0 Å². The molecule has 1 unspecified atom stereocenters. The Kier molecular flexibility index (Phi) is 12.9. The topological polar surface area (TPSA) is 139 Å². The first-order chi connectivity index (χ1) is 30.4. The molecule has 0 bridgehead atoms. The smallest absolute Gasteiger partial charge is 0.326 e. The number of aryl methyl sites for hydroxylation is 1. The number of nitrogens with one attached hydrogen (secondary N) is 2. The second kappa shape index (κ2) is 18.8. The fourth-order valence-electron chi connectivity index (χ4n) is 7.91. The van der Waals surface area contributed by atoms with E-state index in [1.165, 1.54) is 4.90 Å². The Morgan fingerprint density at radius 1 is 0.889 bits per heavy atom. The summed E-state index contributed by atoms with van der Waals surface area (Å²) in [7, 11) is 0. The number of benzene rings is 5. The van der Waals surface area contributed by atoms with E-state index >= 15 is 0 Å². The number of halogens is 2. The van der Waals surface area contributed by atoms with Crippen molar-refractivity contribution in [2.45, 2.75) is 71.0 Å². The van der Waals surface area contributed by atoms with E-state index in [-0.39, 0.29) is 38.6 Å². The minimum atomic E-state index is -1.25. The van der Waals surface area contributed by atoms with Gasteiger partial charge in [0.15, 0.2) is 17.6 Å². The van der Waals surface area contributed by atoms with Crippen molar-refractivity contribution in [2.24, 2.45) is 0 Å². The summed E-state index contributed by atoms with van der Waals surface area (Å²) in [5.74, 6) is -0.0749. The number of amides is 3. The van der Waals surface area contributed by atoms with Crippen molar-refractivity contribution in [3.8, 4) is 28.4 Å². The maximum atomic E-state index is 14.3. The van der Waals surface area contributed by atoms with Gasteiger partial charge in [-0.25, -0.2) is 9.59 Å². The molecule has 3 heterocycles. The van der Waals surface area contributed by atoms with Gasteiger partial charge in [-0.15, -0.1) is 0 Å². The van der Waals surface area contributed by atoms with Gasteiger partial charge in [-0.3, -0.25) is 9.78 Å². The standard InChI is InChI=1S/C50H46Cl2N4O7/c1-29-30(2)53-20-19-41(29)34-11-9-32(10-12-34)21-43(49(58)59)55-48(57)44-22-37-23-45-46(24-38(37)26-56(44)50(60)54-31(3)33-7-5-4-6-8-33)63-47(28-62-45)35-14-17-40(18-15-35)61-27-36-13-16-39(51)25-42(36)52/h4-20,23-25,31,43-44,47H,21-22,26-28H2,1-3H3,(H,54,60)(H,55,57)(H,58,59)/t31-,43+,44+,47?/m1/s1. The molecule has 0 radical (unpaired) electrons. The average Bonchev–Trinajstić information content (AvgIpc) is 3.28. The fraction of sp³-hybridized carbons (Fsp3) is 0.240. The number of ether oxygens (including phenoxy) is 3. The molecule has 2 aliphatic rings. The largest absolute Gasteiger partial charge is 0.489 e. The van der Waals surface area contributed by atoms with Gasteiger partial charge in [-0.05, 0) is 108 Å². The third kappa shape index (κ3) is 9.90. The molecule has 0 saturated heterocycles. The number of hydrogen-bond acceptors (Lipinski definition) is 7. The highest BCUT2D eigenvalue weighted by molar-refractivity contribution is 6.35. The maximum Gasteiger partial charge on any atom is 0.326 e. The third-order valence-electron chi connectivity index (χ3n) is 11.7. The SMILES string of the molecule is Cc1nccc(-c2ccc(C[C@H](NC(=O)[C@@H]3Cc4cc5c(cc4CN3C(=O)N[C@H](C)c3ccccc3)OC(c3ccc(OCc4ccc(Cl)cc4Cl)cc3)CO5)C(=O)O)cc2)c1C. The molecular weight excluding hydrogens is 839 g/mol. The Hall–Kier alpha value is -6.56. The van der Waals surface area contributed by atoms with Crippen LogP contribution in [-0.2, 0) is 35.6 Å². The number of nitrogens with zero attached hydrogens (tertiary/aromatic N) is 2. The van der Waals surface area contributed by atoms with Crippen LogP contribution in [0.3, 0.4) is 0 Å². The Morgan fingerprint density at radius 2 is 1.63 bits per heavy atom. The van der Waals surface area contributed by atoms with Gasteiger partial charge in [0.25, 0.3) is 0 Å². The van der Waals surface area contributed by atoms with Crippen molar-refractivity contribution in [1.29, 1.82) is 0 Å². The monoisotopic (exact) mass is 884 g/mol. The molecule has 322 valence electrons. The van der Waals surface area contributed by atoms with E-state index in [1.807, 2.05) is 124 Å². The predicted octanol–water partition coefficient (Wildman–Crippen LogP) is 9.77. The van der Waals surface area contributed by atoms with Crippen LogP contribution in [0.4, 0.5) is 4.79 Å². The molecule has 4 atom stereocenters. The van der Waals surface area contributed by atoms with Crippen LogP contribution in [0, 0.1) is 13.8 Å². The summed E-state index contributed by atoms with van der Waals surface area (Å²) in [4.78, 5) is 46.9. The van der Waals surface area contributed by atoms with Crippen molar-refractivity contribution >= 4 is 41.1 Å². The number of rotatable bonds is 12. The van der Waals surface area contributed by atoms with E-state index in [0.29, 0.717) is 27.3 Å². The highest BCUT2D eigenvalue weighted by atomic mass is 35.5. The Bertz CT molecular complexity index is 2640. The second-order valence-corrected chi connectivity index (χ2v) is 16.7. The second-order valence-electron chi connectivity index (χ2n) is 15.9. The molecule has 13 heteroatoms. The molecule has 3 N–H and O–H groups in total. The lowest BCUT2D eigenvalue weighted by molar-refractivity contribution is -0.142. The average molecular weight is 886 g/mol. The number of carboxylic acid groups (broad SMARTS) is 1. The number of pyridine rings is 1. The number of carbonyl (C=O) groups is 3. The van der Waals surface area contributed by atoms with E-state index in [4.69, 9.17) is 37.4 Å². The summed E-state index contributed by atoms with van der Waals surface area (Å²) in [5.41, 5.74) is 8.93. The van der Waals surface area contributed by atoms with Crippen molar-refractivity contribution in [2.75, 3.05) is 6.61 Å². The van der Waals surface area contributed by atoms with E-state index in [9.17, 15) is 19.5 Å². The lowest BCUT2D eigenvalue weighted by atomic mass is 9.92. The first-order valence-electron chi connectivity index (χ1n) is 20.7. The summed E-state index contributed by atoms with van der Waals surface area (Å²) < 4.78 is 18.7. The van der Waals surface area contributed by atoms with E-state index in [2.05, 4.69) is 15.6 Å². The Morgan fingerprint density at radius 3 is 2.37 bits per heavy atom. The summed E-state index contributed by atoms with van der Waals surface area (Å²) in [6.45, 7) is 6.44. The molecule has 0 spiro atoms. The minimum Gasteiger partial charge on any atom is -0.489 e. The zero-order valence-electron chi connectivity index (χ0n) is 34.9. The Labute approximate surface area is 375 Å². The minimum absolute atomic E-state index is 0.0458. The molecule has 5 aromatic carbocycles. The van der Waals surface area contributed by atoms with Crippen LogP contribution in [0.25, 0.3) is 11.1 Å². The number of aromatic nitrogens is 1. The van der Waals surface area contributed by atoms with Crippen molar-refractivity contribution in [3.05, 3.63) is 176 Å². The van der Waals surface area contributed by atoms with E-state index in [0.717, 1.165) is 55.8 Å². The molecule has 3 amide bonds. The van der Waals surface area contributed by atoms with Crippen LogP contribution in [0.5, 0.6) is 17.2 Å². The molecule has 63 heavy (non-hydrogen) atoms. The van der Waals surface area contributed by atoms with Gasteiger partial charge in [0, 0.05) is 46.9 Å². The highest BCUT2D eigenvalue weighted by Crippen LogP contribution is 2.41. The van der Waals surface area contributed by atoms with Gasteiger partial charge in [0.05, 0.1) is 6.04 Å². The summed E-state index contributed by atoms with van der Waals surface area (Å²) >= 11 is 12.3. The van der Waals surface area contributed by atoms with Crippen LogP contribution < -0.4 is 24.8 Å². The van der Waals surface area contributed by atoms with Crippen LogP contribution in [-0.4, -0.2) is 51.6 Å². The molecule has 0 aliphatic carbocycles. The normalized spacial score (nSPS) is 16.3. The fourth-order valence-corrected chi connectivity index (χ4v) is 8.37. The van der Waals surface area contributed by atoms with Crippen LogP contribution >= 0.6 is 23.2 Å².